The maximum atomic E-state index is 12.4. The maximum absolute atomic E-state index is 12.4. The summed E-state index contributed by atoms with van der Waals surface area (Å²) in [6, 6.07) is 13.2. The van der Waals surface area contributed by atoms with Crippen LogP contribution in [0, 0.1) is 6.92 Å². The van der Waals surface area contributed by atoms with Crippen molar-refractivity contribution >= 4 is 5.91 Å². The Bertz CT molecular complexity index is 759. The first-order chi connectivity index (χ1) is 12.0. The molecule has 132 valence electrons. The molecule has 1 heterocycles. The molecule has 0 aliphatic carbocycles. The Morgan fingerprint density at radius 2 is 1.80 bits per heavy atom. The molecular formula is C20H23NO4. The second kappa shape index (κ2) is 7.47. The van der Waals surface area contributed by atoms with E-state index in [4.69, 9.17) is 14.2 Å². The monoisotopic (exact) mass is 341 g/mol. The van der Waals surface area contributed by atoms with E-state index in [0.29, 0.717) is 19.0 Å². The van der Waals surface area contributed by atoms with Gasteiger partial charge in [0.15, 0.2) is 17.6 Å². The van der Waals surface area contributed by atoms with E-state index in [2.05, 4.69) is 5.32 Å². The van der Waals surface area contributed by atoms with E-state index in [1.165, 1.54) is 0 Å². The van der Waals surface area contributed by atoms with Crippen molar-refractivity contribution in [3.8, 4) is 17.2 Å². The highest BCUT2D eigenvalue weighted by Gasteiger charge is 2.20. The summed E-state index contributed by atoms with van der Waals surface area (Å²) in [5, 5.41) is 2.98. The first-order valence-corrected chi connectivity index (χ1v) is 8.47. The van der Waals surface area contributed by atoms with Crippen LogP contribution in [-0.4, -0.2) is 25.2 Å². The van der Waals surface area contributed by atoms with Crippen LogP contribution in [0.5, 0.6) is 17.2 Å². The number of hydrogen-bond acceptors (Lipinski definition) is 4. The van der Waals surface area contributed by atoms with Crippen LogP contribution in [0.3, 0.4) is 0 Å². The number of aryl methyl sites for hydroxylation is 1. The van der Waals surface area contributed by atoms with Crippen molar-refractivity contribution < 1.29 is 19.0 Å². The molecule has 1 aliphatic heterocycles. The minimum absolute atomic E-state index is 0.161. The van der Waals surface area contributed by atoms with E-state index in [9.17, 15) is 4.79 Å². The Morgan fingerprint density at radius 3 is 2.56 bits per heavy atom. The predicted octanol–water partition coefficient (Wildman–Crippen LogP) is 3.41. The van der Waals surface area contributed by atoms with Crippen LogP contribution in [-0.2, 0) is 4.79 Å². The molecule has 0 aromatic heterocycles. The molecule has 0 spiro atoms. The molecule has 0 saturated carbocycles. The van der Waals surface area contributed by atoms with Crippen molar-refractivity contribution in [2.45, 2.75) is 32.9 Å². The molecule has 2 atom stereocenters. The Balaban J connectivity index is 1.63. The standard InChI is InChI=1S/C20H23NO4/c1-13-6-4-5-7-17(13)25-15(3)20(22)21-14(2)16-8-9-18-19(12-16)24-11-10-23-18/h4-9,12,14-15H,10-11H2,1-3H3,(H,21,22)/t14-,15-/m1/s1. The number of amides is 1. The van der Waals surface area contributed by atoms with Crippen molar-refractivity contribution in [1.82, 2.24) is 5.32 Å². The molecule has 2 aromatic carbocycles. The van der Waals surface area contributed by atoms with Gasteiger partial charge in [-0.1, -0.05) is 24.3 Å². The quantitative estimate of drug-likeness (QED) is 0.905. The Kier molecular flexibility index (Phi) is 5.12. The number of ether oxygens (including phenoxy) is 3. The average Bonchev–Trinajstić information content (AvgIpc) is 2.63. The number of nitrogens with one attached hydrogen (secondary N) is 1. The summed E-state index contributed by atoms with van der Waals surface area (Å²) in [5.74, 6) is 2.02. The first-order valence-electron chi connectivity index (χ1n) is 8.47. The van der Waals surface area contributed by atoms with Crippen LogP contribution in [0.2, 0.25) is 0 Å². The molecule has 3 rings (SSSR count). The molecular weight excluding hydrogens is 318 g/mol. The van der Waals surface area contributed by atoms with Gasteiger partial charge < -0.3 is 19.5 Å². The molecule has 0 bridgehead atoms. The third-order valence-corrected chi connectivity index (χ3v) is 4.19. The number of fused-ring (bicyclic) bond motifs is 1. The summed E-state index contributed by atoms with van der Waals surface area (Å²) >= 11 is 0. The zero-order chi connectivity index (χ0) is 17.8. The molecule has 0 fully saturated rings. The largest absolute Gasteiger partial charge is 0.486 e. The van der Waals surface area contributed by atoms with Gasteiger partial charge in [-0.2, -0.15) is 0 Å². The number of rotatable bonds is 5. The zero-order valence-corrected chi connectivity index (χ0v) is 14.7. The zero-order valence-electron chi connectivity index (χ0n) is 14.7. The minimum Gasteiger partial charge on any atom is -0.486 e. The summed E-state index contributed by atoms with van der Waals surface area (Å²) < 4.78 is 16.9. The van der Waals surface area contributed by atoms with Crippen LogP contribution in [0.25, 0.3) is 0 Å². The first kappa shape index (κ1) is 17.1. The molecule has 25 heavy (non-hydrogen) atoms. The second-order valence-corrected chi connectivity index (χ2v) is 6.16. The van der Waals surface area contributed by atoms with Crippen molar-refractivity contribution in [2.24, 2.45) is 0 Å². The highest BCUT2D eigenvalue weighted by atomic mass is 16.6. The van der Waals surface area contributed by atoms with Gasteiger partial charge in [0.05, 0.1) is 6.04 Å². The van der Waals surface area contributed by atoms with Crippen molar-refractivity contribution in [1.29, 1.82) is 0 Å². The van der Waals surface area contributed by atoms with Crippen LogP contribution in [0.4, 0.5) is 0 Å². The van der Waals surface area contributed by atoms with Gasteiger partial charge in [-0.15, -0.1) is 0 Å². The highest BCUT2D eigenvalue weighted by molar-refractivity contribution is 5.81. The smallest absolute Gasteiger partial charge is 0.261 e. The van der Waals surface area contributed by atoms with Gasteiger partial charge in [-0.05, 0) is 50.1 Å². The van der Waals surface area contributed by atoms with Gasteiger partial charge in [-0.25, -0.2) is 0 Å². The Morgan fingerprint density at radius 1 is 1.08 bits per heavy atom. The van der Waals surface area contributed by atoms with Crippen molar-refractivity contribution in [3.05, 3.63) is 53.6 Å². The molecule has 0 unspecified atom stereocenters. The van der Waals surface area contributed by atoms with Gasteiger partial charge in [0, 0.05) is 0 Å². The lowest BCUT2D eigenvalue weighted by Crippen LogP contribution is -2.37. The van der Waals surface area contributed by atoms with E-state index in [1.54, 1.807) is 6.92 Å². The normalized spacial score (nSPS) is 15.2. The van der Waals surface area contributed by atoms with E-state index >= 15 is 0 Å². The molecule has 5 heteroatoms. The number of carbonyl (C=O) groups excluding carboxylic acids is 1. The fourth-order valence-electron chi connectivity index (χ4n) is 2.68. The van der Waals surface area contributed by atoms with Gasteiger partial charge in [0.25, 0.3) is 5.91 Å². The fourth-order valence-corrected chi connectivity index (χ4v) is 2.68. The summed E-state index contributed by atoms with van der Waals surface area (Å²) in [4.78, 5) is 12.4. The summed E-state index contributed by atoms with van der Waals surface area (Å²) in [6.07, 6.45) is -0.583. The molecule has 1 amide bonds. The Labute approximate surface area is 147 Å². The van der Waals surface area contributed by atoms with Crippen LogP contribution < -0.4 is 19.5 Å². The molecule has 5 nitrogen and oxygen atoms in total. The van der Waals surface area contributed by atoms with Crippen LogP contribution >= 0.6 is 0 Å². The summed E-state index contributed by atoms with van der Waals surface area (Å²) in [7, 11) is 0. The predicted molar refractivity (Wildman–Crippen MR) is 95.3 cm³/mol. The highest BCUT2D eigenvalue weighted by Crippen LogP contribution is 2.32. The van der Waals surface area contributed by atoms with Gasteiger partial charge in [-0.3, -0.25) is 4.79 Å². The van der Waals surface area contributed by atoms with Gasteiger partial charge in [0.1, 0.15) is 19.0 Å². The number of hydrogen-bond donors (Lipinski definition) is 1. The van der Waals surface area contributed by atoms with Gasteiger partial charge >= 0.3 is 0 Å². The maximum Gasteiger partial charge on any atom is 0.261 e. The lowest BCUT2D eigenvalue weighted by molar-refractivity contribution is -0.127. The second-order valence-electron chi connectivity index (χ2n) is 6.16. The number of benzene rings is 2. The van der Waals surface area contributed by atoms with E-state index in [-0.39, 0.29) is 11.9 Å². The van der Waals surface area contributed by atoms with Gasteiger partial charge in [0.2, 0.25) is 0 Å². The van der Waals surface area contributed by atoms with E-state index < -0.39 is 6.10 Å². The van der Waals surface area contributed by atoms with Crippen molar-refractivity contribution in [2.75, 3.05) is 13.2 Å². The molecule has 2 aromatic rings. The third-order valence-electron chi connectivity index (χ3n) is 4.19. The lowest BCUT2D eigenvalue weighted by Gasteiger charge is -2.22. The molecule has 0 saturated heterocycles. The molecule has 1 aliphatic rings. The fraction of sp³-hybridized carbons (Fsp3) is 0.350. The number of carbonyl (C=O) groups is 1. The lowest BCUT2D eigenvalue weighted by atomic mass is 10.1. The molecule has 0 radical (unpaired) electrons. The summed E-state index contributed by atoms with van der Waals surface area (Å²) in [6.45, 7) is 6.74. The third kappa shape index (κ3) is 4.05. The van der Waals surface area contributed by atoms with E-state index in [0.717, 1.165) is 22.6 Å². The summed E-state index contributed by atoms with van der Waals surface area (Å²) in [5.41, 5.74) is 1.96. The Hall–Kier alpha value is -2.69. The van der Waals surface area contributed by atoms with E-state index in [1.807, 2.05) is 56.3 Å². The van der Waals surface area contributed by atoms with Crippen LogP contribution in [0.15, 0.2) is 42.5 Å². The van der Waals surface area contributed by atoms with Crippen LogP contribution in [0.1, 0.15) is 31.0 Å². The number of para-hydroxylation sites is 1. The SMILES string of the molecule is Cc1ccccc1O[C@H](C)C(=O)N[C@H](C)c1ccc2c(c1)OCCO2. The minimum atomic E-state index is -0.583. The average molecular weight is 341 g/mol. The topological polar surface area (TPSA) is 56.8 Å². The molecule has 1 N–H and O–H groups in total. The van der Waals surface area contributed by atoms with Crippen molar-refractivity contribution in [3.63, 3.8) is 0 Å².